The van der Waals surface area contributed by atoms with Gasteiger partial charge in [-0.2, -0.15) is 0 Å². The van der Waals surface area contributed by atoms with Gasteiger partial charge in [0.15, 0.2) is 0 Å². The Morgan fingerprint density at radius 2 is 2.35 bits per heavy atom. The van der Waals surface area contributed by atoms with Crippen LogP contribution in [-0.2, 0) is 0 Å². The Bertz CT molecular complexity index is 459. The molecule has 0 aliphatic carbocycles. The fourth-order valence-corrected chi connectivity index (χ4v) is 2.84. The number of likely N-dealkylation sites (tertiary alicyclic amines) is 1. The number of aromatic nitrogens is 2. The van der Waals surface area contributed by atoms with Gasteiger partial charge >= 0.3 is 0 Å². The minimum atomic E-state index is 0.0788. The topological polar surface area (TPSA) is 58.1 Å². The molecule has 0 radical (unpaired) electrons. The first-order chi connectivity index (χ1) is 9.63. The molecule has 1 saturated heterocycles. The molecule has 1 aromatic heterocycles. The number of hydrogen-bond acceptors (Lipinski definition) is 4. The lowest BCUT2D eigenvalue weighted by atomic mass is 9.96. The molecule has 0 aromatic carbocycles. The lowest BCUT2D eigenvalue weighted by molar-refractivity contribution is 0.0671. The van der Waals surface area contributed by atoms with E-state index in [1.165, 1.54) is 12.7 Å². The van der Waals surface area contributed by atoms with Gasteiger partial charge in [-0.15, -0.1) is 0 Å². The van der Waals surface area contributed by atoms with Crippen LogP contribution in [0.4, 0.5) is 0 Å². The van der Waals surface area contributed by atoms with Crippen molar-refractivity contribution in [2.45, 2.75) is 32.6 Å². The molecular formula is C15H24N4O. The van der Waals surface area contributed by atoms with E-state index in [2.05, 4.69) is 29.1 Å². The molecule has 1 aromatic rings. The van der Waals surface area contributed by atoms with E-state index in [0.717, 1.165) is 31.7 Å². The average Bonchev–Trinajstić information content (AvgIpc) is 2.47. The van der Waals surface area contributed by atoms with Crippen LogP contribution in [0.2, 0.25) is 0 Å². The molecule has 1 aliphatic rings. The zero-order valence-electron chi connectivity index (χ0n) is 12.6. The average molecular weight is 276 g/mol. The molecule has 110 valence electrons. The van der Waals surface area contributed by atoms with Crippen molar-refractivity contribution in [1.82, 2.24) is 20.2 Å². The highest BCUT2D eigenvalue weighted by atomic mass is 16.2. The SMILES string of the molecule is CNC[C@H]1CCCN(C(=O)c2cncnc2C(C)C)C1. The maximum Gasteiger partial charge on any atom is 0.257 e. The Kier molecular flexibility index (Phi) is 5.06. The van der Waals surface area contributed by atoms with Crippen molar-refractivity contribution in [3.05, 3.63) is 23.8 Å². The summed E-state index contributed by atoms with van der Waals surface area (Å²) in [6.45, 7) is 6.74. The monoisotopic (exact) mass is 276 g/mol. The summed E-state index contributed by atoms with van der Waals surface area (Å²) in [5.74, 6) is 0.856. The highest BCUT2D eigenvalue weighted by Crippen LogP contribution is 2.21. The highest BCUT2D eigenvalue weighted by Gasteiger charge is 2.26. The van der Waals surface area contributed by atoms with Crippen molar-refractivity contribution in [1.29, 1.82) is 0 Å². The maximum absolute atomic E-state index is 12.7. The summed E-state index contributed by atoms with van der Waals surface area (Å²) in [6, 6.07) is 0. The second-order valence-electron chi connectivity index (χ2n) is 5.79. The van der Waals surface area contributed by atoms with E-state index < -0.39 is 0 Å². The van der Waals surface area contributed by atoms with E-state index in [4.69, 9.17) is 0 Å². The largest absolute Gasteiger partial charge is 0.338 e. The number of hydrogen-bond donors (Lipinski definition) is 1. The third kappa shape index (κ3) is 3.33. The van der Waals surface area contributed by atoms with Gasteiger partial charge in [-0.25, -0.2) is 9.97 Å². The van der Waals surface area contributed by atoms with Gasteiger partial charge in [-0.1, -0.05) is 13.8 Å². The van der Waals surface area contributed by atoms with Crippen LogP contribution < -0.4 is 5.32 Å². The number of carbonyl (C=O) groups is 1. The molecule has 20 heavy (non-hydrogen) atoms. The summed E-state index contributed by atoms with van der Waals surface area (Å²) in [6.07, 6.45) is 5.44. The van der Waals surface area contributed by atoms with E-state index in [0.29, 0.717) is 11.5 Å². The summed E-state index contributed by atoms with van der Waals surface area (Å²) in [7, 11) is 1.96. The fraction of sp³-hybridized carbons (Fsp3) is 0.667. The molecule has 1 aliphatic heterocycles. The van der Waals surface area contributed by atoms with E-state index in [1.807, 2.05) is 11.9 Å². The molecule has 0 unspecified atom stereocenters. The number of rotatable bonds is 4. The first-order valence-corrected chi connectivity index (χ1v) is 7.37. The summed E-state index contributed by atoms with van der Waals surface area (Å²) in [5.41, 5.74) is 1.51. The molecule has 2 heterocycles. The van der Waals surface area contributed by atoms with Crippen LogP contribution in [-0.4, -0.2) is 47.5 Å². The summed E-state index contributed by atoms with van der Waals surface area (Å²) in [5, 5.41) is 3.20. The summed E-state index contributed by atoms with van der Waals surface area (Å²) in [4.78, 5) is 23.0. The van der Waals surface area contributed by atoms with Crippen LogP contribution in [0.15, 0.2) is 12.5 Å². The van der Waals surface area contributed by atoms with E-state index in [1.54, 1.807) is 6.20 Å². The number of nitrogens with zero attached hydrogens (tertiary/aromatic N) is 3. The van der Waals surface area contributed by atoms with Crippen molar-refractivity contribution < 1.29 is 4.79 Å². The normalized spacial score (nSPS) is 19.4. The molecule has 0 saturated carbocycles. The molecule has 5 heteroatoms. The molecule has 1 fully saturated rings. The van der Waals surface area contributed by atoms with Crippen molar-refractivity contribution >= 4 is 5.91 Å². The molecule has 1 N–H and O–H groups in total. The number of carbonyl (C=O) groups excluding carboxylic acids is 1. The predicted molar refractivity (Wildman–Crippen MR) is 78.7 cm³/mol. The first-order valence-electron chi connectivity index (χ1n) is 7.37. The van der Waals surface area contributed by atoms with Gasteiger partial charge in [0.2, 0.25) is 0 Å². The van der Waals surface area contributed by atoms with E-state index in [-0.39, 0.29) is 11.8 Å². The number of piperidine rings is 1. The summed E-state index contributed by atoms with van der Waals surface area (Å²) >= 11 is 0. The van der Waals surface area contributed by atoms with Crippen LogP contribution in [0.1, 0.15) is 48.7 Å². The number of nitrogens with one attached hydrogen (secondary N) is 1. The fourth-order valence-electron chi connectivity index (χ4n) is 2.84. The van der Waals surface area contributed by atoms with Crippen LogP contribution >= 0.6 is 0 Å². The minimum absolute atomic E-state index is 0.0788. The lowest BCUT2D eigenvalue weighted by Crippen LogP contribution is -2.42. The van der Waals surface area contributed by atoms with Crippen LogP contribution in [0.25, 0.3) is 0 Å². The number of amides is 1. The van der Waals surface area contributed by atoms with Crippen LogP contribution in [0.5, 0.6) is 0 Å². The Morgan fingerprint density at radius 3 is 3.05 bits per heavy atom. The third-order valence-corrected chi connectivity index (χ3v) is 3.82. The molecule has 0 spiro atoms. The Labute approximate surface area is 120 Å². The van der Waals surface area contributed by atoms with Crippen molar-refractivity contribution in [2.24, 2.45) is 5.92 Å². The van der Waals surface area contributed by atoms with E-state index in [9.17, 15) is 4.79 Å². The highest BCUT2D eigenvalue weighted by molar-refractivity contribution is 5.95. The Hall–Kier alpha value is -1.49. The van der Waals surface area contributed by atoms with Crippen molar-refractivity contribution in [3.63, 3.8) is 0 Å². The van der Waals surface area contributed by atoms with E-state index >= 15 is 0 Å². The molecule has 2 rings (SSSR count). The molecule has 5 nitrogen and oxygen atoms in total. The zero-order valence-corrected chi connectivity index (χ0v) is 12.6. The maximum atomic E-state index is 12.7. The smallest absolute Gasteiger partial charge is 0.257 e. The second kappa shape index (κ2) is 6.79. The van der Waals surface area contributed by atoms with Gasteiger partial charge in [0.25, 0.3) is 5.91 Å². The van der Waals surface area contributed by atoms with Crippen molar-refractivity contribution in [2.75, 3.05) is 26.7 Å². The zero-order chi connectivity index (χ0) is 14.5. The molecule has 1 atom stereocenters. The Morgan fingerprint density at radius 1 is 1.55 bits per heavy atom. The van der Waals surface area contributed by atoms with Crippen LogP contribution in [0, 0.1) is 5.92 Å². The van der Waals surface area contributed by atoms with Gasteiger partial charge in [-0.3, -0.25) is 4.79 Å². The standard InChI is InChI=1S/C15H24N4O/c1-11(2)14-13(8-17-10-18-14)15(20)19-6-4-5-12(9-19)7-16-3/h8,10-12,16H,4-7,9H2,1-3H3/t12-/m1/s1. The quantitative estimate of drug-likeness (QED) is 0.909. The van der Waals surface area contributed by atoms with Gasteiger partial charge in [0.05, 0.1) is 11.3 Å². The Balaban J connectivity index is 2.15. The van der Waals surface area contributed by atoms with Gasteiger partial charge in [0, 0.05) is 19.3 Å². The van der Waals surface area contributed by atoms with Crippen molar-refractivity contribution in [3.8, 4) is 0 Å². The molecular weight excluding hydrogens is 252 g/mol. The first kappa shape index (κ1) is 14.9. The van der Waals surface area contributed by atoms with Crippen LogP contribution in [0.3, 0.4) is 0 Å². The second-order valence-corrected chi connectivity index (χ2v) is 5.79. The lowest BCUT2D eigenvalue weighted by Gasteiger charge is -2.33. The van der Waals surface area contributed by atoms with Gasteiger partial charge in [-0.05, 0) is 38.3 Å². The minimum Gasteiger partial charge on any atom is -0.338 e. The van der Waals surface area contributed by atoms with Gasteiger partial charge in [0.1, 0.15) is 6.33 Å². The van der Waals surface area contributed by atoms with Gasteiger partial charge < -0.3 is 10.2 Å². The third-order valence-electron chi connectivity index (χ3n) is 3.82. The summed E-state index contributed by atoms with van der Waals surface area (Å²) < 4.78 is 0. The predicted octanol–water partition coefficient (Wildman–Crippen LogP) is 1.67. The molecule has 0 bridgehead atoms. The molecule has 1 amide bonds.